The monoisotopic (exact) mass is 399 g/mol. The summed E-state index contributed by atoms with van der Waals surface area (Å²) in [5.41, 5.74) is 8.74. The van der Waals surface area contributed by atoms with Gasteiger partial charge in [-0.15, -0.1) is 5.10 Å². The first kappa shape index (κ1) is 19.2. The molecule has 1 fully saturated rings. The molecule has 4 heterocycles. The van der Waals surface area contributed by atoms with Gasteiger partial charge >= 0.3 is 0 Å². The Balaban J connectivity index is 0.000000359. The maximum atomic E-state index is 12.8. The molecule has 9 heteroatoms. The number of hydrogen-bond donors (Lipinski definition) is 1. The van der Waals surface area contributed by atoms with E-state index in [0.717, 1.165) is 17.0 Å². The summed E-state index contributed by atoms with van der Waals surface area (Å²) in [5.74, 6) is 1.74. The molecule has 0 spiro atoms. The van der Waals surface area contributed by atoms with E-state index in [1.165, 1.54) is 23.8 Å². The molecular formula is C20H23F2N7. The van der Waals surface area contributed by atoms with E-state index in [9.17, 15) is 8.78 Å². The van der Waals surface area contributed by atoms with Gasteiger partial charge in [0.05, 0.1) is 24.0 Å². The maximum Gasteiger partial charge on any atom is 0.256 e. The number of nitrogens with zero attached hydrogens (tertiary/aromatic N) is 6. The molecule has 4 aromatic heterocycles. The van der Waals surface area contributed by atoms with Crippen molar-refractivity contribution in [2.24, 2.45) is 5.92 Å². The lowest BCUT2D eigenvalue weighted by Gasteiger charge is -2.18. The van der Waals surface area contributed by atoms with E-state index in [1.54, 1.807) is 36.0 Å². The zero-order valence-electron chi connectivity index (χ0n) is 16.4. The van der Waals surface area contributed by atoms with Crippen molar-refractivity contribution in [3.05, 3.63) is 36.4 Å². The van der Waals surface area contributed by atoms with Gasteiger partial charge in [-0.3, -0.25) is 0 Å². The molecule has 5 rings (SSSR count). The van der Waals surface area contributed by atoms with Crippen LogP contribution in [0.2, 0.25) is 0 Å². The number of nitrogen functional groups attached to an aromatic ring is 1. The van der Waals surface area contributed by atoms with E-state index in [0.29, 0.717) is 22.7 Å². The van der Waals surface area contributed by atoms with Gasteiger partial charge in [-0.2, -0.15) is 0 Å². The largest absolute Gasteiger partial charge is 0.367 e. The van der Waals surface area contributed by atoms with Gasteiger partial charge < -0.3 is 10.3 Å². The topological polar surface area (TPSA) is 86.9 Å². The van der Waals surface area contributed by atoms with Crippen molar-refractivity contribution in [3.8, 4) is 11.3 Å². The van der Waals surface area contributed by atoms with E-state index in [4.69, 9.17) is 5.73 Å². The van der Waals surface area contributed by atoms with Crippen molar-refractivity contribution in [2.45, 2.75) is 46.1 Å². The second-order valence-electron chi connectivity index (χ2n) is 7.41. The van der Waals surface area contributed by atoms with Crippen LogP contribution in [0.4, 0.5) is 14.7 Å². The minimum Gasteiger partial charge on any atom is -0.367 e. The highest BCUT2D eigenvalue weighted by Crippen LogP contribution is 2.26. The number of aryl methyl sites for hydroxylation is 1. The highest BCUT2D eigenvalue weighted by atomic mass is 19.3. The molecule has 4 aromatic rings. The summed E-state index contributed by atoms with van der Waals surface area (Å²) in [5, 5.41) is 4.08. The lowest BCUT2D eigenvalue weighted by molar-refractivity contribution is 0.127. The van der Waals surface area contributed by atoms with Crippen LogP contribution in [0.5, 0.6) is 0 Å². The third kappa shape index (κ3) is 3.90. The second-order valence-corrected chi connectivity index (χ2v) is 7.41. The summed E-state index contributed by atoms with van der Waals surface area (Å²) >= 11 is 0. The lowest BCUT2D eigenvalue weighted by Crippen LogP contribution is -2.08. The van der Waals surface area contributed by atoms with Crippen molar-refractivity contribution in [1.82, 2.24) is 29.1 Å². The number of imidazole rings is 1. The van der Waals surface area contributed by atoms with Crippen LogP contribution in [0.25, 0.3) is 27.9 Å². The lowest BCUT2D eigenvalue weighted by atomic mass is 9.88. The molecule has 0 atom stereocenters. The zero-order valence-corrected chi connectivity index (χ0v) is 16.4. The van der Waals surface area contributed by atoms with E-state index in [1.807, 2.05) is 6.07 Å². The molecule has 1 aliphatic rings. The van der Waals surface area contributed by atoms with Gasteiger partial charge in [-0.25, -0.2) is 28.2 Å². The van der Waals surface area contributed by atoms with E-state index in [-0.39, 0.29) is 5.95 Å². The van der Waals surface area contributed by atoms with E-state index >= 15 is 0 Å². The highest BCUT2D eigenvalue weighted by Gasteiger charge is 2.15. The number of anilines is 1. The molecule has 0 radical (unpaired) electrons. The Morgan fingerprint density at radius 3 is 2.62 bits per heavy atom. The fraction of sp³-hybridized carbons (Fsp3) is 0.400. The third-order valence-electron chi connectivity index (χ3n) is 5.21. The predicted molar refractivity (Wildman–Crippen MR) is 108 cm³/mol. The van der Waals surface area contributed by atoms with E-state index < -0.39 is 13.0 Å². The quantitative estimate of drug-likeness (QED) is 0.560. The second kappa shape index (κ2) is 7.73. The molecule has 1 aliphatic carbocycles. The highest BCUT2D eigenvalue weighted by molar-refractivity contribution is 5.82. The Hall–Kier alpha value is -3.10. The molecule has 1 saturated carbocycles. The Bertz CT molecular complexity index is 1140. The third-order valence-corrected chi connectivity index (χ3v) is 5.21. The molecule has 0 aromatic carbocycles. The van der Waals surface area contributed by atoms with Crippen LogP contribution >= 0.6 is 0 Å². The fourth-order valence-corrected chi connectivity index (χ4v) is 3.36. The Morgan fingerprint density at radius 1 is 1.21 bits per heavy atom. The number of halogens is 2. The van der Waals surface area contributed by atoms with Gasteiger partial charge in [0.1, 0.15) is 11.3 Å². The maximum absolute atomic E-state index is 12.8. The molecular weight excluding hydrogens is 376 g/mol. The van der Waals surface area contributed by atoms with Crippen LogP contribution in [0.3, 0.4) is 0 Å². The number of alkyl halides is 2. The summed E-state index contributed by atoms with van der Waals surface area (Å²) in [6.07, 6.45) is 5.33. The Labute approximate surface area is 166 Å². The van der Waals surface area contributed by atoms with Gasteiger partial charge in [-0.05, 0) is 31.0 Å². The van der Waals surface area contributed by atoms with Crippen LogP contribution in [-0.2, 0) is 6.54 Å². The molecule has 2 N–H and O–H groups in total. The minimum absolute atomic E-state index is 0.165. The van der Waals surface area contributed by atoms with Gasteiger partial charge in [0, 0.05) is 11.8 Å². The van der Waals surface area contributed by atoms with Crippen molar-refractivity contribution in [2.75, 3.05) is 5.73 Å². The molecule has 0 saturated heterocycles. The average molecular weight is 399 g/mol. The van der Waals surface area contributed by atoms with Crippen molar-refractivity contribution >= 4 is 22.6 Å². The summed E-state index contributed by atoms with van der Waals surface area (Å²) < 4.78 is 28.7. The fourth-order valence-electron chi connectivity index (χ4n) is 3.36. The van der Waals surface area contributed by atoms with Crippen LogP contribution in [0, 0.1) is 12.8 Å². The number of fused-ring (bicyclic) bond motifs is 2. The van der Waals surface area contributed by atoms with Crippen molar-refractivity contribution in [3.63, 3.8) is 0 Å². The normalized spacial score (nSPS) is 14.2. The van der Waals surface area contributed by atoms with Gasteiger partial charge in [0.15, 0.2) is 5.65 Å². The predicted octanol–water partition coefficient (Wildman–Crippen LogP) is 4.10. The van der Waals surface area contributed by atoms with Crippen LogP contribution < -0.4 is 5.73 Å². The number of rotatable bonds is 3. The Kier molecular flexibility index (Phi) is 5.12. The first-order valence-corrected chi connectivity index (χ1v) is 9.64. The smallest absolute Gasteiger partial charge is 0.256 e. The van der Waals surface area contributed by atoms with Crippen LogP contribution in [0.15, 0.2) is 30.6 Å². The summed E-state index contributed by atoms with van der Waals surface area (Å²) in [6, 6.07) is 5.40. The Morgan fingerprint density at radius 2 is 1.97 bits per heavy atom. The molecule has 7 nitrogen and oxygen atoms in total. The number of nitrogens with two attached hydrogens (primary N) is 1. The average Bonchev–Trinajstić information content (AvgIpc) is 3.20. The molecule has 0 aliphatic heterocycles. The van der Waals surface area contributed by atoms with Crippen LogP contribution in [-0.4, -0.2) is 35.6 Å². The first-order chi connectivity index (χ1) is 13.9. The molecule has 0 unspecified atom stereocenters. The van der Waals surface area contributed by atoms with Crippen molar-refractivity contribution < 1.29 is 8.78 Å². The summed E-state index contributed by atoms with van der Waals surface area (Å²) in [6.45, 7) is 3.56. The van der Waals surface area contributed by atoms with Crippen LogP contribution in [0.1, 0.15) is 32.0 Å². The first-order valence-electron chi connectivity index (χ1n) is 9.64. The zero-order chi connectivity index (χ0) is 20.5. The molecule has 0 amide bonds. The number of pyridine rings is 1. The number of hydrogen-bond acceptors (Lipinski definition) is 5. The van der Waals surface area contributed by atoms with Gasteiger partial charge in [0.25, 0.3) is 6.43 Å². The van der Waals surface area contributed by atoms with Gasteiger partial charge in [-0.1, -0.05) is 26.2 Å². The number of aromatic nitrogens is 6. The van der Waals surface area contributed by atoms with Gasteiger partial charge in [0.2, 0.25) is 5.95 Å². The standard InChI is InChI=1S/C15H13F2N7.C5H10/c1-8-20-11-3-2-10(21-14(11)23(8)7-13(16)17)9-4-5-24-12(9)6-19-15(18)22-24;1-5-3-2-4-5/h2-6,13H,7H2,1H3,(H2,18,22);5H,2-4H2,1H3. The SMILES string of the molecule is CC1CCC1.Cc1nc2ccc(-c3ccn4nc(N)ncc34)nc2n1CC(F)F. The molecule has 29 heavy (non-hydrogen) atoms. The molecule has 0 bridgehead atoms. The molecule has 152 valence electrons. The minimum atomic E-state index is -2.47. The summed E-state index contributed by atoms with van der Waals surface area (Å²) in [4.78, 5) is 12.8. The van der Waals surface area contributed by atoms with E-state index in [2.05, 4.69) is 27.0 Å². The van der Waals surface area contributed by atoms with Crippen molar-refractivity contribution in [1.29, 1.82) is 0 Å². The summed E-state index contributed by atoms with van der Waals surface area (Å²) in [7, 11) is 0.